The van der Waals surface area contributed by atoms with Gasteiger partial charge in [-0.15, -0.1) is 0 Å². The van der Waals surface area contributed by atoms with Gasteiger partial charge in [0.2, 0.25) is 0 Å². The maximum absolute atomic E-state index is 9.95. The molecule has 2 heterocycles. The van der Waals surface area contributed by atoms with E-state index >= 15 is 0 Å². The lowest BCUT2D eigenvalue weighted by Gasteiger charge is -2.27. The van der Waals surface area contributed by atoms with Gasteiger partial charge in [-0.05, 0) is 76.6 Å². The molecule has 0 saturated heterocycles. The molecule has 3 heteroatoms. The Kier molecular flexibility index (Phi) is 2.72. The van der Waals surface area contributed by atoms with Crippen molar-refractivity contribution in [3.05, 3.63) is 187 Å². The standard InChI is InChI=1S/C48H31NO2/c1-3-13-32(14-4-1)33-25-27-37(28-26-33)49(36-17-5-2-6-18-36)43-30-29-39(48-46(43)42-20-8-10-24-45(42)51-48)35-16-11-15-34(31-35)38-21-12-22-41-40-19-7-9-23-44(40)50-47(38)41/h1-31H/i1D,2D,3D,4D,5D,6D,7D,8D,9D,10D,11D,12D,13D,14D,15D,16D,17D,18D,19D,20D,21D,22D,23D,24D,25D,26D,27D,28D,29D,30D,31D. The van der Waals surface area contributed by atoms with Crippen LogP contribution in [0.25, 0.3) is 77.3 Å². The molecular weight excluding hydrogens is 623 g/mol. The molecule has 0 aliphatic rings. The summed E-state index contributed by atoms with van der Waals surface area (Å²) in [6.07, 6.45) is 0. The Hall–Kier alpha value is -6.84. The van der Waals surface area contributed by atoms with E-state index in [0.717, 1.165) is 0 Å². The highest BCUT2D eigenvalue weighted by molar-refractivity contribution is 6.17. The van der Waals surface area contributed by atoms with Gasteiger partial charge >= 0.3 is 0 Å². The van der Waals surface area contributed by atoms with Gasteiger partial charge in [0.25, 0.3) is 0 Å². The minimum Gasteiger partial charge on any atom is -0.455 e. The normalized spacial score (nSPS) is 20.0. The average molecular weight is 685 g/mol. The summed E-state index contributed by atoms with van der Waals surface area (Å²) in [6, 6.07) is -31.8. The molecule has 51 heavy (non-hydrogen) atoms. The molecule has 0 N–H and O–H groups in total. The Morgan fingerprint density at radius 2 is 0.902 bits per heavy atom. The summed E-state index contributed by atoms with van der Waals surface area (Å²) in [4.78, 5) is 0.390. The number of para-hydroxylation sites is 4. The molecule has 0 saturated carbocycles. The second-order valence-corrected chi connectivity index (χ2v) is 10.5. The van der Waals surface area contributed by atoms with Gasteiger partial charge in [-0.3, -0.25) is 0 Å². The summed E-state index contributed by atoms with van der Waals surface area (Å²) in [6.45, 7) is 0. The van der Waals surface area contributed by atoms with Crippen LogP contribution in [0, 0.1) is 0 Å². The Bertz CT molecular complexity index is 4570. The van der Waals surface area contributed by atoms with Gasteiger partial charge < -0.3 is 13.7 Å². The number of hydrogen-bond donors (Lipinski definition) is 0. The van der Waals surface area contributed by atoms with Gasteiger partial charge in [0, 0.05) is 38.7 Å². The van der Waals surface area contributed by atoms with Crippen molar-refractivity contribution in [2.24, 2.45) is 0 Å². The Labute approximate surface area is 338 Å². The van der Waals surface area contributed by atoms with Crippen molar-refractivity contribution in [3.63, 3.8) is 0 Å². The van der Waals surface area contributed by atoms with Crippen LogP contribution in [0.3, 0.4) is 0 Å². The lowest BCUT2D eigenvalue weighted by atomic mass is 9.95. The molecule has 10 rings (SSSR count). The van der Waals surface area contributed by atoms with Crippen LogP contribution in [0.15, 0.2) is 196 Å². The van der Waals surface area contributed by atoms with Crippen molar-refractivity contribution in [1.82, 2.24) is 0 Å². The van der Waals surface area contributed by atoms with Crippen LogP contribution in [0.2, 0.25) is 0 Å². The van der Waals surface area contributed by atoms with Gasteiger partial charge in [-0.2, -0.15) is 0 Å². The van der Waals surface area contributed by atoms with Crippen molar-refractivity contribution in [3.8, 4) is 33.4 Å². The summed E-state index contributed by atoms with van der Waals surface area (Å²) in [5.41, 5.74) is -11.5. The van der Waals surface area contributed by atoms with E-state index in [4.69, 9.17) is 34.9 Å². The van der Waals surface area contributed by atoms with Gasteiger partial charge in [-0.1, -0.05) is 133 Å². The highest BCUT2D eigenvalue weighted by atomic mass is 16.3. The maximum atomic E-state index is 9.95. The summed E-state index contributed by atoms with van der Waals surface area (Å²) in [7, 11) is 0. The van der Waals surface area contributed by atoms with E-state index in [1.54, 1.807) is 0 Å². The molecule has 0 unspecified atom stereocenters. The molecule has 8 aromatic carbocycles. The smallest absolute Gasteiger partial charge is 0.145 e. The third kappa shape index (κ3) is 4.90. The maximum Gasteiger partial charge on any atom is 0.145 e. The zero-order valence-electron chi connectivity index (χ0n) is 56.3. The molecule has 10 aromatic rings. The predicted molar refractivity (Wildman–Crippen MR) is 212 cm³/mol. The first-order valence-corrected chi connectivity index (χ1v) is 14.7. The second-order valence-electron chi connectivity index (χ2n) is 10.5. The molecule has 0 bridgehead atoms. The van der Waals surface area contributed by atoms with E-state index in [1.807, 2.05) is 0 Å². The van der Waals surface area contributed by atoms with Gasteiger partial charge in [0.05, 0.1) is 53.6 Å². The monoisotopic (exact) mass is 684 g/mol. The fraction of sp³-hybridized carbons (Fsp3) is 0. The molecule has 3 nitrogen and oxygen atoms in total. The topological polar surface area (TPSA) is 29.5 Å². The number of anilines is 3. The summed E-state index contributed by atoms with van der Waals surface area (Å²) in [5, 5.41) is -2.53. The first-order chi connectivity index (χ1) is 38.2. The van der Waals surface area contributed by atoms with E-state index in [1.165, 1.54) is 0 Å². The minimum absolute atomic E-state index is 0.390. The van der Waals surface area contributed by atoms with Crippen molar-refractivity contribution in [2.45, 2.75) is 0 Å². The Morgan fingerprint density at radius 1 is 0.373 bits per heavy atom. The van der Waals surface area contributed by atoms with Crippen LogP contribution in [-0.4, -0.2) is 0 Å². The fourth-order valence-corrected chi connectivity index (χ4v) is 5.51. The molecule has 0 radical (unpaired) electrons. The number of furan rings is 2. The molecule has 0 fully saturated rings. The van der Waals surface area contributed by atoms with Crippen LogP contribution in [-0.2, 0) is 0 Å². The number of rotatable bonds is 6. The zero-order chi connectivity index (χ0) is 60.7. The minimum atomic E-state index is -1.28. The van der Waals surface area contributed by atoms with Crippen molar-refractivity contribution >= 4 is 60.9 Å². The highest BCUT2D eigenvalue weighted by Crippen LogP contribution is 2.47. The van der Waals surface area contributed by atoms with Crippen molar-refractivity contribution < 1.29 is 51.3 Å². The number of fused-ring (bicyclic) bond motifs is 6. The molecule has 0 spiro atoms. The fourth-order valence-electron chi connectivity index (χ4n) is 5.51. The van der Waals surface area contributed by atoms with E-state index in [9.17, 15) is 16.4 Å². The summed E-state index contributed by atoms with van der Waals surface area (Å²) >= 11 is 0. The first kappa shape index (κ1) is 11.6. The molecule has 0 amide bonds. The highest BCUT2D eigenvalue weighted by Gasteiger charge is 2.22. The van der Waals surface area contributed by atoms with Gasteiger partial charge in [0.15, 0.2) is 0 Å². The van der Waals surface area contributed by atoms with E-state index in [-0.39, 0.29) is 0 Å². The third-order valence-electron chi connectivity index (χ3n) is 7.68. The average Bonchev–Trinajstić information content (AvgIpc) is 4.12. The summed E-state index contributed by atoms with van der Waals surface area (Å²) in [5.74, 6) is 0. The molecule has 2 aromatic heterocycles. The van der Waals surface area contributed by atoms with Crippen molar-refractivity contribution in [1.29, 1.82) is 0 Å². The van der Waals surface area contributed by atoms with E-state index in [0.29, 0.717) is 4.90 Å². The van der Waals surface area contributed by atoms with Crippen LogP contribution < -0.4 is 4.90 Å². The SMILES string of the molecule is [2H]c1c([2H])c([2H])c(-c2c([2H])c([2H])c(N(c3c([2H])c([2H])c([2H])c([2H])c3[2H])c3c([2H])c([2H])c(-c4c([2H])c([2H])c([2H])c(-c5c([2H])c([2H])c([2H])c6c5oc5c([2H])c([2H])c([2H])c([2H])c56)c4[2H])c4oc5c([2H])c([2H])c([2H])c([2H])c5c34)c([2H])c2[2H])c([2H])c1[2H]. The molecule has 0 aliphatic heterocycles. The van der Waals surface area contributed by atoms with Crippen LogP contribution >= 0.6 is 0 Å². The van der Waals surface area contributed by atoms with E-state index < -0.39 is 282 Å². The number of nitrogens with zero attached hydrogens (tertiary/aromatic N) is 1. The molecule has 0 atom stereocenters. The Balaban J connectivity index is 1.43. The van der Waals surface area contributed by atoms with E-state index in [2.05, 4.69) is 0 Å². The Morgan fingerprint density at radius 3 is 1.67 bits per heavy atom. The van der Waals surface area contributed by atoms with Gasteiger partial charge in [0.1, 0.15) is 22.3 Å². The molecule has 0 aliphatic carbocycles. The number of benzene rings is 8. The lowest BCUT2D eigenvalue weighted by molar-refractivity contribution is 0.670. The zero-order valence-corrected chi connectivity index (χ0v) is 25.3. The molecule has 240 valence electrons. The second kappa shape index (κ2) is 11.9. The van der Waals surface area contributed by atoms with Crippen LogP contribution in [0.5, 0.6) is 0 Å². The molecular formula is C48H31NO2. The lowest BCUT2D eigenvalue weighted by Crippen LogP contribution is -2.10. The largest absolute Gasteiger partial charge is 0.455 e. The summed E-state index contributed by atoms with van der Waals surface area (Å²) < 4.78 is 289. The number of hydrogen-bond acceptors (Lipinski definition) is 3. The van der Waals surface area contributed by atoms with Gasteiger partial charge in [-0.25, -0.2) is 0 Å². The predicted octanol–water partition coefficient (Wildman–Crippen LogP) is 14.0. The first-order valence-electron chi connectivity index (χ1n) is 30.2. The van der Waals surface area contributed by atoms with Crippen LogP contribution in [0.1, 0.15) is 42.5 Å². The van der Waals surface area contributed by atoms with Crippen LogP contribution in [0.4, 0.5) is 17.1 Å². The van der Waals surface area contributed by atoms with Crippen molar-refractivity contribution in [2.75, 3.05) is 4.90 Å². The quantitative estimate of drug-likeness (QED) is 0.175. The third-order valence-corrected chi connectivity index (χ3v) is 7.68.